The fourth-order valence-electron chi connectivity index (χ4n) is 2.16. The zero-order valence-corrected chi connectivity index (χ0v) is 15.0. The Hall–Kier alpha value is -2.75. The first-order valence-corrected chi connectivity index (χ1v) is 8.59. The highest BCUT2D eigenvalue weighted by Crippen LogP contribution is 2.19. The molecule has 0 aliphatic carbocycles. The summed E-state index contributed by atoms with van der Waals surface area (Å²) in [4.78, 5) is 12.1. The van der Waals surface area contributed by atoms with Crippen molar-refractivity contribution in [1.82, 2.24) is 0 Å². The van der Waals surface area contributed by atoms with Gasteiger partial charge in [-0.1, -0.05) is 25.1 Å². The second-order valence-corrected chi connectivity index (χ2v) is 5.69. The van der Waals surface area contributed by atoms with Crippen LogP contribution in [0.5, 0.6) is 11.5 Å². The van der Waals surface area contributed by atoms with E-state index in [1.807, 2.05) is 62.4 Å². The second kappa shape index (κ2) is 9.52. The van der Waals surface area contributed by atoms with Crippen LogP contribution in [0.4, 0.5) is 5.69 Å². The molecule has 1 N–H and O–H groups in total. The van der Waals surface area contributed by atoms with E-state index in [-0.39, 0.29) is 12.0 Å². The predicted molar refractivity (Wildman–Crippen MR) is 102 cm³/mol. The van der Waals surface area contributed by atoms with Crippen molar-refractivity contribution in [2.24, 2.45) is 0 Å². The van der Waals surface area contributed by atoms with Crippen molar-refractivity contribution in [3.05, 3.63) is 60.2 Å². The zero-order chi connectivity index (χ0) is 18.1. The van der Waals surface area contributed by atoms with Gasteiger partial charge in [-0.25, -0.2) is 0 Å². The standard InChI is InChI=1S/C21H25NO3/c1-4-16(3)25-20-8-6-7-18(15-20)22-21(23)14-11-17-9-12-19(13-10-17)24-5-2/h6-16H,4-5H2,1-3H3,(H,22,23)/b14-11+. The largest absolute Gasteiger partial charge is 0.494 e. The molecule has 0 radical (unpaired) electrons. The Kier molecular flexibility index (Phi) is 7.08. The van der Waals surface area contributed by atoms with Crippen LogP contribution in [0.1, 0.15) is 32.8 Å². The number of anilines is 1. The minimum Gasteiger partial charge on any atom is -0.494 e. The monoisotopic (exact) mass is 339 g/mol. The molecule has 132 valence electrons. The molecule has 0 aliphatic heterocycles. The zero-order valence-electron chi connectivity index (χ0n) is 15.0. The van der Waals surface area contributed by atoms with Crippen LogP contribution in [0.15, 0.2) is 54.6 Å². The molecule has 25 heavy (non-hydrogen) atoms. The van der Waals surface area contributed by atoms with Gasteiger partial charge in [-0.2, -0.15) is 0 Å². The molecular formula is C21H25NO3. The normalized spacial score (nSPS) is 12.0. The molecule has 4 heteroatoms. The van der Waals surface area contributed by atoms with Crippen LogP contribution in [0.2, 0.25) is 0 Å². The van der Waals surface area contributed by atoms with Gasteiger partial charge in [-0.15, -0.1) is 0 Å². The van der Waals surface area contributed by atoms with E-state index in [1.165, 1.54) is 6.08 Å². The molecule has 1 amide bonds. The average Bonchev–Trinajstić information content (AvgIpc) is 2.61. The molecular weight excluding hydrogens is 314 g/mol. The third-order valence-electron chi connectivity index (χ3n) is 3.63. The number of hydrogen-bond donors (Lipinski definition) is 1. The summed E-state index contributed by atoms with van der Waals surface area (Å²) in [6.07, 6.45) is 4.36. The predicted octanol–water partition coefficient (Wildman–Crippen LogP) is 4.91. The van der Waals surface area contributed by atoms with Gasteiger partial charge < -0.3 is 14.8 Å². The van der Waals surface area contributed by atoms with Crippen molar-refractivity contribution >= 4 is 17.7 Å². The summed E-state index contributed by atoms with van der Waals surface area (Å²) in [6, 6.07) is 15.0. The number of amides is 1. The summed E-state index contributed by atoms with van der Waals surface area (Å²) >= 11 is 0. The lowest BCUT2D eigenvalue weighted by Gasteiger charge is -2.13. The third-order valence-corrected chi connectivity index (χ3v) is 3.63. The lowest BCUT2D eigenvalue weighted by Crippen LogP contribution is -2.11. The average molecular weight is 339 g/mol. The fourth-order valence-corrected chi connectivity index (χ4v) is 2.16. The molecule has 4 nitrogen and oxygen atoms in total. The Morgan fingerprint density at radius 2 is 1.88 bits per heavy atom. The topological polar surface area (TPSA) is 47.6 Å². The van der Waals surface area contributed by atoms with Crippen LogP contribution < -0.4 is 14.8 Å². The van der Waals surface area contributed by atoms with Gasteiger partial charge in [0.15, 0.2) is 0 Å². The summed E-state index contributed by atoms with van der Waals surface area (Å²) in [5.74, 6) is 1.39. The molecule has 1 atom stereocenters. The second-order valence-electron chi connectivity index (χ2n) is 5.69. The molecule has 0 bridgehead atoms. The smallest absolute Gasteiger partial charge is 0.248 e. The SMILES string of the molecule is CCOc1ccc(/C=C/C(=O)Nc2cccc(OC(C)CC)c2)cc1. The maximum Gasteiger partial charge on any atom is 0.248 e. The van der Waals surface area contributed by atoms with Gasteiger partial charge in [-0.05, 0) is 56.2 Å². The summed E-state index contributed by atoms with van der Waals surface area (Å²) in [5.41, 5.74) is 1.65. The van der Waals surface area contributed by atoms with Gasteiger partial charge in [-0.3, -0.25) is 4.79 Å². The van der Waals surface area contributed by atoms with Crippen LogP contribution in [-0.4, -0.2) is 18.6 Å². The van der Waals surface area contributed by atoms with E-state index in [4.69, 9.17) is 9.47 Å². The third kappa shape index (κ3) is 6.34. The lowest BCUT2D eigenvalue weighted by atomic mass is 10.2. The van der Waals surface area contributed by atoms with Gasteiger partial charge in [0.05, 0.1) is 12.7 Å². The lowest BCUT2D eigenvalue weighted by molar-refractivity contribution is -0.111. The minimum absolute atomic E-state index is 0.144. The van der Waals surface area contributed by atoms with Crippen LogP contribution >= 0.6 is 0 Å². The van der Waals surface area contributed by atoms with E-state index in [9.17, 15) is 4.79 Å². The molecule has 1 unspecified atom stereocenters. The van der Waals surface area contributed by atoms with Gasteiger partial charge in [0.2, 0.25) is 5.91 Å². The highest BCUT2D eigenvalue weighted by molar-refractivity contribution is 6.02. The Morgan fingerprint density at radius 3 is 2.56 bits per heavy atom. The number of rotatable bonds is 8. The number of benzene rings is 2. The quantitative estimate of drug-likeness (QED) is 0.695. The van der Waals surface area contributed by atoms with Crippen molar-refractivity contribution in [1.29, 1.82) is 0 Å². The first-order chi connectivity index (χ1) is 12.1. The van der Waals surface area contributed by atoms with Crippen LogP contribution in [0, 0.1) is 0 Å². The number of carbonyl (C=O) groups excluding carboxylic acids is 1. The Morgan fingerprint density at radius 1 is 1.12 bits per heavy atom. The first-order valence-electron chi connectivity index (χ1n) is 8.59. The van der Waals surface area contributed by atoms with Crippen LogP contribution in [0.25, 0.3) is 6.08 Å². The maximum absolute atomic E-state index is 12.1. The molecule has 0 fully saturated rings. The molecule has 0 spiro atoms. The van der Waals surface area contributed by atoms with Crippen molar-refractivity contribution in [2.45, 2.75) is 33.3 Å². The van der Waals surface area contributed by atoms with Gasteiger partial charge in [0.25, 0.3) is 0 Å². The molecule has 2 rings (SSSR count). The Balaban J connectivity index is 1.94. The molecule has 0 heterocycles. The summed E-state index contributed by atoms with van der Waals surface area (Å²) in [5, 5.41) is 2.85. The summed E-state index contributed by atoms with van der Waals surface area (Å²) < 4.78 is 11.2. The van der Waals surface area contributed by atoms with E-state index in [0.29, 0.717) is 12.3 Å². The molecule has 2 aromatic carbocycles. The summed E-state index contributed by atoms with van der Waals surface area (Å²) in [7, 11) is 0. The van der Waals surface area contributed by atoms with Gasteiger partial charge in [0, 0.05) is 17.8 Å². The number of hydrogen-bond acceptors (Lipinski definition) is 3. The van der Waals surface area contributed by atoms with E-state index in [2.05, 4.69) is 12.2 Å². The molecule has 0 saturated heterocycles. The van der Waals surface area contributed by atoms with Gasteiger partial charge >= 0.3 is 0 Å². The number of ether oxygens (including phenoxy) is 2. The molecule has 2 aromatic rings. The Labute approximate surface area is 149 Å². The fraction of sp³-hybridized carbons (Fsp3) is 0.286. The van der Waals surface area contributed by atoms with E-state index >= 15 is 0 Å². The first kappa shape index (κ1) is 18.6. The summed E-state index contributed by atoms with van der Waals surface area (Å²) in [6.45, 7) is 6.67. The van der Waals surface area contributed by atoms with Crippen LogP contribution in [-0.2, 0) is 4.79 Å². The van der Waals surface area contributed by atoms with Crippen molar-refractivity contribution in [2.75, 3.05) is 11.9 Å². The van der Waals surface area contributed by atoms with Crippen molar-refractivity contribution in [3.63, 3.8) is 0 Å². The minimum atomic E-state index is -0.186. The van der Waals surface area contributed by atoms with Gasteiger partial charge in [0.1, 0.15) is 11.5 Å². The number of nitrogens with one attached hydrogen (secondary N) is 1. The van der Waals surface area contributed by atoms with E-state index in [0.717, 1.165) is 23.5 Å². The highest BCUT2D eigenvalue weighted by Gasteiger charge is 2.03. The molecule has 0 aliphatic rings. The van der Waals surface area contributed by atoms with Crippen molar-refractivity contribution < 1.29 is 14.3 Å². The van der Waals surface area contributed by atoms with E-state index < -0.39 is 0 Å². The molecule has 0 saturated carbocycles. The molecule has 0 aromatic heterocycles. The maximum atomic E-state index is 12.1. The van der Waals surface area contributed by atoms with Crippen LogP contribution in [0.3, 0.4) is 0 Å². The number of carbonyl (C=O) groups is 1. The Bertz CT molecular complexity index is 707. The van der Waals surface area contributed by atoms with Crippen molar-refractivity contribution in [3.8, 4) is 11.5 Å². The van der Waals surface area contributed by atoms with E-state index in [1.54, 1.807) is 6.08 Å². The highest BCUT2D eigenvalue weighted by atomic mass is 16.5.